The summed E-state index contributed by atoms with van der Waals surface area (Å²) in [6, 6.07) is 3.83. The number of rotatable bonds is 3. The molecule has 23 heavy (non-hydrogen) atoms. The molecule has 0 bridgehead atoms. The van der Waals surface area contributed by atoms with Crippen LogP contribution >= 0.6 is 0 Å². The van der Waals surface area contributed by atoms with Crippen LogP contribution in [0, 0.1) is 0 Å². The zero-order valence-electron chi connectivity index (χ0n) is 12.9. The number of aromatic nitrogens is 2. The van der Waals surface area contributed by atoms with Crippen molar-refractivity contribution < 1.29 is 19.0 Å². The number of nitrogens with zero attached hydrogens (tertiary/aromatic N) is 1. The summed E-state index contributed by atoms with van der Waals surface area (Å²) in [5.74, 6) is 2.35. The molecule has 0 spiro atoms. The summed E-state index contributed by atoms with van der Waals surface area (Å²) in [6.45, 7) is 2.24. The summed E-state index contributed by atoms with van der Waals surface area (Å²) in [4.78, 5) is 12.0. The minimum atomic E-state index is -0.0872. The summed E-state index contributed by atoms with van der Waals surface area (Å²) in [6.07, 6.45) is 1.18. The van der Waals surface area contributed by atoms with Crippen LogP contribution in [0.5, 0.6) is 17.2 Å². The van der Waals surface area contributed by atoms with Gasteiger partial charge in [0.15, 0.2) is 17.3 Å². The van der Waals surface area contributed by atoms with Crippen molar-refractivity contribution in [3.05, 3.63) is 29.0 Å². The highest BCUT2D eigenvalue weighted by Crippen LogP contribution is 2.46. The maximum atomic E-state index is 12.0. The molecule has 1 aromatic heterocycles. The molecular weight excluding hydrogens is 298 g/mol. The third kappa shape index (κ3) is 2.11. The Morgan fingerprint density at radius 1 is 1.39 bits per heavy atom. The number of benzene rings is 1. The van der Waals surface area contributed by atoms with E-state index >= 15 is 0 Å². The molecule has 1 unspecified atom stereocenters. The number of hydrogen-bond acceptors (Lipinski definition) is 5. The Morgan fingerprint density at radius 2 is 2.26 bits per heavy atom. The van der Waals surface area contributed by atoms with Gasteiger partial charge in [0.05, 0.1) is 7.11 Å². The quantitative estimate of drug-likeness (QED) is 0.907. The number of ether oxygens (including phenoxy) is 3. The molecule has 4 rings (SSSR count). The monoisotopic (exact) mass is 315 g/mol. The van der Waals surface area contributed by atoms with Crippen LogP contribution in [0.3, 0.4) is 0 Å². The summed E-state index contributed by atoms with van der Waals surface area (Å²) >= 11 is 0. The average molecular weight is 315 g/mol. The third-order valence-corrected chi connectivity index (χ3v) is 4.32. The number of nitrogens with one attached hydrogen (secondary N) is 2. The molecule has 0 saturated carbocycles. The van der Waals surface area contributed by atoms with Gasteiger partial charge in [-0.2, -0.15) is 5.10 Å². The van der Waals surface area contributed by atoms with Gasteiger partial charge in [0.2, 0.25) is 18.4 Å². The van der Waals surface area contributed by atoms with Crippen molar-refractivity contribution >= 4 is 11.7 Å². The lowest BCUT2D eigenvalue weighted by atomic mass is 9.85. The Hall–Kier alpha value is -2.70. The van der Waals surface area contributed by atoms with Crippen LogP contribution in [0.25, 0.3) is 0 Å². The molecule has 0 aliphatic carbocycles. The fourth-order valence-electron chi connectivity index (χ4n) is 3.23. The van der Waals surface area contributed by atoms with Crippen LogP contribution < -0.4 is 19.5 Å². The number of aryl methyl sites for hydroxylation is 1. The highest BCUT2D eigenvalue weighted by atomic mass is 16.7. The molecule has 1 aromatic carbocycles. The zero-order valence-corrected chi connectivity index (χ0v) is 12.9. The molecule has 3 heterocycles. The van der Waals surface area contributed by atoms with Crippen molar-refractivity contribution in [1.82, 2.24) is 10.2 Å². The molecular formula is C16H17N3O4. The molecule has 1 atom stereocenters. The van der Waals surface area contributed by atoms with E-state index in [0.717, 1.165) is 23.2 Å². The van der Waals surface area contributed by atoms with Crippen LogP contribution in [-0.2, 0) is 11.2 Å². The lowest BCUT2D eigenvalue weighted by Crippen LogP contribution is -2.23. The SMILES string of the molecule is CCc1[nH]nc2c1C(c1cc(OC)c3c(c1)OCO3)CC(=O)N2. The maximum absolute atomic E-state index is 12.0. The fraction of sp³-hybridized carbons (Fsp3) is 0.375. The first-order chi connectivity index (χ1) is 11.2. The molecule has 1 amide bonds. The minimum absolute atomic E-state index is 0.0479. The summed E-state index contributed by atoms with van der Waals surface area (Å²) < 4.78 is 16.3. The van der Waals surface area contributed by atoms with Gasteiger partial charge in [0.25, 0.3) is 0 Å². The number of hydrogen-bond donors (Lipinski definition) is 2. The second-order valence-corrected chi connectivity index (χ2v) is 5.58. The van der Waals surface area contributed by atoms with Crippen molar-refractivity contribution in [1.29, 1.82) is 0 Å². The van der Waals surface area contributed by atoms with Gasteiger partial charge < -0.3 is 19.5 Å². The number of fused-ring (bicyclic) bond motifs is 2. The largest absolute Gasteiger partial charge is 0.493 e. The van der Waals surface area contributed by atoms with E-state index in [4.69, 9.17) is 14.2 Å². The highest BCUT2D eigenvalue weighted by Gasteiger charge is 2.33. The van der Waals surface area contributed by atoms with Crippen molar-refractivity contribution in [3.63, 3.8) is 0 Å². The van der Waals surface area contributed by atoms with Crippen LogP contribution in [0.4, 0.5) is 5.82 Å². The van der Waals surface area contributed by atoms with E-state index in [1.54, 1.807) is 7.11 Å². The summed E-state index contributed by atoms with van der Waals surface area (Å²) in [5.41, 5.74) is 3.02. The third-order valence-electron chi connectivity index (χ3n) is 4.32. The molecule has 2 aliphatic rings. The maximum Gasteiger partial charge on any atom is 0.231 e. The molecule has 0 fully saturated rings. The van der Waals surface area contributed by atoms with Gasteiger partial charge in [-0.1, -0.05) is 6.92 Å². The van der Waals surface area contributed by atoms with Gasteiger partial charge in [-0.3, -0.25) is 9.89 Å². The van der Waals surface area contributed by atoms with Crippen molar-refractivity contribution in [2.75, 3.05) is 19.2 Å². The standard InChI is InChI=1S/C16H17N3O4/c1-3-10-14-9(6-13(20)17-16(14)19-18-10)8-4-11(21-2)15-12(5-8)22-7-23-15/h4-5,9H,3,6-7H2,1-2H3,(H2,17,18,19,20). The molecule has 2 aliphatic heterocycles. The van der Waals surface area contributed by atoms with Crippen molar-refractivity contribution in [2.24, 2.45) is 0 Å². The normalized spacial score (nSPS) is 18.5. The van der Waals surface area contributed by atoms with Gasteiger partial charge in [0.1, 0.15) is 0 Å². The Labute approximate surface area is 132 Å². The molecule has 2 aromatic rings. The van der Waals surface area contributed by atoms with Gasteiger partial charge in [-0.25, -0.2) is 0 Å². The minimum Gasteiger partial charge on any atom is -0.493 e. The number of amides is 1. The highest BCUT2D eigenvalue weighted by molar-refractivity contribution is 5.94. The molecule has 0 saturated heterocycles. The Kier molecular flexibility index (Phi) is 3.14. The van der Waals surface area contributed by atoms with Crippen LogP contribution in [0.1, 0.15) is 36.1 Å². The second-order valence-electron chi connectivity index (χ2n) is 5.58. The predicted octanol–water partition coefficient (Wildman–Crippen LogP) is 2.18. The van der Waals surface area contributed by atoms with Gasteiger partial charge in [0, 0.05) is 23.6 Å². The van der Waals surface area contributed by atoms with Crippen LogP contribution in [0.15, 0.2) is 12.1 Å². The average Bonchev–Trinajstić information content (AvgIpc) is 3.19. The molecule has 0 radical (unpaired) electrons. The predicted molar refractivity (Wildman–Crippen MR) is 82.2 cm³/mol. The van der Waals surface area contributed by atoms with Crippen molar-refractivity contribution in [2.45, 2.75) is 25.7 Å². The summed E-state index contributed by atoms with van der Waals surface area (Å²) in [7, 11) is 1.59. The number of H-pyrrole nitrogens is 1. The Balaban J connectivity index is 1.85. The molecule has 7 nitrogen and oxygen atoms in total. The topological polar surface area (TPSA) is 85.5 Å². The van der Waals surface area contributed by atoms with E-state index in [9.17, 15) is 4.79 Å². The van der Waals surface area contributed by atoms with E-state index < -0.39 is 0 Å². The summed E-state index contributed by atoms with van der Waals surface area (Å²) in [5, 5.41) is 10.1. The first-order valence-corrected chi connectivity index (χ1v) is 7.55. The number of carbonyl (C=O) groups is 1. The number of anilines is 1. The second kappa shape index (κ2) is 5.19. The van der Waals surface area contributed by atoms with Crippen molar-refractivity contribution in [3.8, 4) is 17.2 Å². The van der Waals surface area contributed by atoms with Gasteiger partial charge >= 0.3 is 0 Å². The van der Waals surface area contributed by atoms with E-state index in [-0.39, 0.29) is 18.6 Å². The van der Waals surface area contributed by atoms with E-state index in [2.05, 4.69) is 22.4 Å². The van der Waals surface area contributed by atoms with E-state index in [1.807, 2.05) is 12.1 Å². The zero-order chi connectivity index (χ0) is 16.0. The van der Waals surface area contributed by atoms with Crippen LogP contribution in [-0.4, -0.2) is 30.0 Å². The lowest BCUT2D eigenvalue weighted by Gasteiger charge is -2.24. The molecule has 7 heteroatoms. The Morgan fingerprint density at radius 3 is 3.04 bits per heavy atom. The van der Waals surface area contributed by atoms with Gasteiger partial charge in [-0.05, 0) is 24.1 Å². The number of carbonyl (C=O) groups excluding carboxylic acids is 1. The lowest BCUT2D eigenvalue weighted by molar-refractivity contribution is -0.116. The molecule has 2 N–H and O–H groups in total. The Bertz CT molecular complexity index is 784. The first kappa shape index (κ1) is 13.9. The van der Waals surface area contributed by atoms with Gasteiger partial charge in [-0.15, -0.1) is 0 Å². The van der Waals surface area contributed by atoms with Crippen LogP contribution in [0.2, 0.25) is 0 Å². The number of aromatic amines is 1. The van der Waals surface area contributed by atoms with E-state index in [1.165, 1.54) is 0 Å². The van der Waals surface area contributed by atoms with E-state index in [0.29, 0.717) is 29.5 Å². The fourth-order valence-corrected chi connectivity index (χ4v) is 3.23. The number of methoxy groups -OCH3 is 1. The first-order valence-electron chi connectivity index (χ1n) is 7.55. The molecule has 120 valence electrons. The smallest absolute Gasteiger partial charge is 0.231 e.